The largest absolute Gasteiger partial charge is 0.496 e. The number of hydrogen-bond donors (Lipinski definition) is 1. The minimum atomic E-state index is 0.204. The highest BCUT2D eigenvalue weighted by Crippen LogP contribution is 2.31. The predicted octanol–water partition coefficient (Wildman–Crippen LogP) is 3.58. The average molecular weight is 397 g/mol. The number of nitrogens with one attached hydrogen (secondary N) is 1. The third kappa shape index (κ3) is 5.13. The van der Waals surface area contributed by atoms with E-state index in [2.05, 4.69) is 33.9 Å². The number of hydrogen-bond acceptors (Lipinski definition) is 6. The highest BCUT2D eigenvalue weighted by Gasteiger charge is 2.22. The standard InChI is InChI=1S/C18H25ClN4O2S/c1-12(2)9-23-6-7-25-14(10-23)11-26-18-20-17(21-22-18)15-8-13(19)4-5-16(15)24-3/h4-5,8,12,14H,6-7,9-11H2,1-3H3,(H,20,21,22)/t14-/m0/s1. The summed E-state index contributed by atoms with van der Waals surface area (Å²) in [6, 6.07) is 5.44. The fraction of sp³-hybridized carbons (Fsp3) is 0.556. The zero-order chi connectivity index (χ0) is 18.5. The van der Waals surface area contributed by atoms with Crippen LogP contribution in [0.1, 0.15) is 13.8 Å². The molecule has 0 aliphatic carbocycles. The Kier molecular flexibility index (Phi) is 6.80. The fourth-order valence-electron chi connectivity index (χ4n) is 3.03. The molecule has 0 radical (unpaired) electrons. The van der Waals surface area contributed by atoms with Crippen LogP contribution in [0.25, 0.3) is 11.4 Å². The highest BCUT2D eigenvalue weighted by atomic mass is 35.5. The second-order valence-electron chi connectivity index (χ2n) is 6.77. The van der Waals surface area contributed by atoms with Gasteiger partial charge in [0.05, 0.1) is 25.4 Å². The number of benzene rings is 1. The van der Waals surface area contributed by atoms with E-state index in [0.29, 0.717) is 27.7 Å². The van der Waals surface area contributed by atoms with Crippen molar-refractivity contribution in [3.8, 4) is 17.1 Å². The van der Waals surface area contributed by atoms with Crippen LogP contribution in [-0.4, -0.2) is 65.3 Å². The van der Waals surface area contributed by atoms with Crippen molar-refractivity contribution in [1.82, 2.24) is 20.1 Å². The lowest BCUT2D eigenvalue weighted by atomic mass is 10.2. The number of ether oxygens (including phenoxy) is 2. The Morgan fingerprint density at radius 2 is 2.31 bits per heavy atom. The summed E-state index contributed by atoms with van der Waals surface area (Å²) in [4.78, 5) is 7.04. The van der Waals surface area contributed by atoms with E-state index in [1.807, 2.05) is 12.1 Å². The SMILES string of the molecule is COc1ccc(Cl)cc1-c1nc(SC[C@@H]2CN(CC(C)C)CCO2)n[nH]1. The molecule has 1 aromatic heterocycles. The maximum atomic E-state index is 6.10. The Bertz CT molecular complexity index is 725. The summed E-state index contributed by atoms with van der Waals surface area (Å²) < 4.78 is 11.3. The van der Waals surface area contributed by atoms with Crippen LogP contribution in [0, 0.1) is 5.92 Å². The molecule has 1 saturated heterocycles. The molecule has 0 saturated carbocycles. The summed E-state index contributed by atoms with van der Waals surface area (Å²) >= 11 is 7.70. The van der Waals surface area contributed by atoms with Crippen molar-refractivity contribution in [1.29, 1.82) is 0 Å². The second kappa shape index (κ2) is 9.08. The van der Waals surface area contributed by atoms with Gasteiger partial charge in [-0.15, -0.1) is 5.10 Å². The number of thioether (sulfide) groups is 1. The van der Waals surface area contributed by atoms with Gasteiger partial charge < -0.3 is 9.47 Å². The van der Waals surface area contributed by atoms with E-state index in [0.717, 1.165) is 37.6 Å². The lowest BCUT2D eigenvalue weighted by Crippen LogP contribution is -2.44. The van der Waals surface area contributed by atoms with Crippen molar-refractivity contribution in [3.63, 3.8) is 0 Å². The van der Waals surface area contributed by atoms with Crippen molar-refractivity contribution < 1.29 is 9.47 Å². The molecule has 1 N–H and O–H groups in total. The fourth-order valence-corrected chi connectivity index (χ4v) is 4.00. The molecule has 8 heteroatoms. The number of nitrogens with zero attached hydrogens (tertiary/aromatic N) is 3. The molecule has 1 atom stereocenters. The van der Waals surface area contributed by atoms with Gasteiger partial charge in [0.1, 0.15) is 5.75 Å². The van der Waals surface area contributed by atoms with Crippen molar-refractivity contribution in [2.45, 2.75) is 25.1 Å². The average Bonchev–Trinajstić information content (AvgIpc) is 3.08. The van der Waals surface area contributed by atoms with Crippen LogP contribution in [0.2, 0.25) is 5.02 Å². The Morgan fingerprint density at radius 1 is 1.46 bits per heavy atom. The monoisotopic (exact) mass is 396 g/mol. The molecule has 1 aliphatic rings. The van der Waals surface area contributed by atoms with E-state index in [4.69, 9.17) is 21.1 Å². The summed E-state index contributed by atoms with van der Waals surface area (Å²) in [5.41, 5.74) is 0.802. The number of aromatic amines is 1. The Hall–Kier alpha value is -1.28. The van der Waals surface area contributed by atoms with Gasteiger partial charge in [-0.05, 0) is 24.1 Å². The minimum Gasteiger partial charge on any atom is -0.496 e. The van der Waals surface area contributed by atoms with Gasteiger partial charge in [-0.25, -0.2) is 4.98 Å². The van der Waals surface area contributed by atoms with Crippen molar-refractivity contribution in [2.24, 2.45) is 5.92 Å². The number of halogens is 1. The summed E-state index contributed by atoms with van der Waals surface area (Å²) in [6.45, 7) is 8.38. The van der Waals surface area contributed by atoms with Crippen LogP contribution in [0.15, 0.2) is 23.4 Å². The van der Waals surface area contributed by atoms with Crippen LogP contribution in [0.3, 0.4) is 0 Å². The van der Waals surface area contributed by atoms with Gasteiger partial charge in [0, 0.05) is 30.4 Å². The van der Waals surface area contributed by atoms with E-state index in [1.54, 1.807) is 24.9 Å². The zero-order valence-corrected chi connectivity index (χ0v) is 16.9. The first kappa shape index (κ1) is 19.5. The molecule has 0 bridgehead atoms. The molecule has 1 fully saturated rings. The second-order valence-corrected chi connectivity index (χ2v) is 8.19. The van der Waals surface area contributed by atoms with E-state index >= 15 is 0 Å². The van der Waals surface area contributed by atoms with Crippen LogP contribution in [0.4, 0.5) is 0 Å². The number of H-pyrrole nitrogens is 1. The highest BCUT2D eigenvalue weighted by molar-refractivity contribution is 7.99. The molecule has 0 amide bonds. The Balaban J connectivity index is 1.60. The Labute approximate surface area is 163 Å². The van der Waals surface area contributed by atoms with Crippen molar-refractivity contribution in [2.75, 3.05) is 39.1 Å². The number of aromatic nitrogens is 3. The first-order valence-electron chi connectivity index (χ1n) is 8.78. The zero-order valence-electron chi connectivity index (χ0n) is 15.4. The molecule has 1 aliphatic heterocycles. The summed E-state index contributed by atoms with van der Waals surface area (Å²) in [6.07, 6.45) is 0.204. The minimum absolute atomic E-state index is 0.204. The van der Waals surface area contributed by atoms with Crippen LogP contribution >= 0.6 is 23.4 Å². The van der Waals surface area contributed by atoms with Crippen molar-refractivity contribution >= 4 is 23.4 Å². The van der Waals surface area contributed by atoms with Gasteiger partial charge >= 0.3 is 0 Å². The molecule has 2 heterocycles. The normalized spacial score (nSPS) is 18.4. The Morgan fingerprint density at radius 3 is 3.08 bits per heavy atom. The number of methoxy groups -OCH3 is 1. The first-order chi connectivity index (χ1) is 12.5. The lowest BCUT2D eigenvalue weighted by molar-refractivity contribution is -0.0191. The molecule has 0 spiro atoms. The molecule has 3 rings (SSSR count). The number of rotatable bonds is 7. The quantitative estimate of drug-likeness (QED) is 0.721. The molecular weight excluding hydrogens is 372 g/mol. The van der Waals surface area contributed by atoms with E-state index < -0.39 is 0 Å². The molecule has 142 valence electrons. The topological polar surface area (TPSA) is 63.3 Å². The smallest absolute Gasteiger partial charge is 0.208 e. The van der Waals surface area contributed by atoms with E-state index in [-0.39, 0.29) is 6.10 Å². The van der Waals surface area contributed by atoms with E-state index in [9.17, 15) is 0 Å². The molecular formula is C18H25ClN4O2S. The molecule has 26 heavy (non-hydrogen) atoms. The van der Waals surface area contributed by atoms with Crippen LogP contribution in [0.5, 0.6) is 5.75 Å². The van der Waals surface area contributed by atoms with Gasteiger partial charge in [-0.3, -0.25) is 10.00 Å². The summed E-state index contributed by atoms with van der Waals surface area (Å²) in [5.74, 6) is 2.86. The van der Waals surface area contributed by atoms with Gasteiger partial charge in [-0.1, -0.05) is 37.2 Å². The summed E-state index contributed by atoms with van der Waals surface area (Å²) in [5, 5.41) is 8.62. The van der Waals surface area contributed by atoms with Gasteiger partial charge in [0.15, 0.2) is 5.82 Å². The maximum Gasteiger partial charge on any atom is 0.208 e. The van der Waals surface area contributed by atoms with Gasteiger partial charge in [0.25, 0.3) is 0 Å². The third-order valence-electron chi connectivity index (χ3n) is 4.13. The first-order valence-corrected chi connectivity index (χ1v) is 10.1. The van der Waals surface area contributed by atoms with Crippen LogP contribution < -0.4 is 4.74 Å². The van der Waals surface area contributed by atoms with E-state index in [1.165, 1.54) is 0 Å². The molecule has 1 aromatic carbocycles. The molecule has 0 unspecified atom stereocenters. The maximum absolute atomic E-state index is 6.10. The molecule has 6 nitrogen and oxygen atoms in total. The van der Waals surface area contributed by atoms with Gasteiger partial charge in [0.2, 0.25) is 5.16 Å². The predicted molar refractivity (Wildman–Crippen MR) is 105 cm³/mol. The van der Waals surface area contributed by atoms with Gasteiger partial charge in [-0.2, -0.15) is 0 Å². The lowest BCUT2D eigenvalue weighted by Gasteiger charge is -2.33. The van der Waals surface area contributed by atoms with Crippen LogP contribution in [-0.2, 0) is 4.74 Å². The molecule has 2 aromatic rings. The third-order valence-corrected chi connectivity index (χ3v) is 5.34. The summed E-state index contributed by atoms with van der Waals surface area (Å²) in [7, 11) is 1.63. The van der Waals surface area contributed by atoms with Crippen molar-refractivity contribution in [3.05, 3.63) is 23.2 Å². The number of morpholine rings is 1.